The van der Waals surface area contributed by atoms with Crippen LogP contribution in [0.3, 0.4) is 0 Å². The first-order valence-corrected chi connectivity index (χ1v) is 8.72. The number of hydrogen-bond acceptors (Lipinski definition) is 5. The van der Waals surface area contributed by atoms with Crippen LogP contribution in [0.5, 0.6) is 0 Å². The molecule has 0 saturated carbocycles. The summed E-state index contributed by atoms with van der Waals surface area (Å²) in [4.78, 5) is 14.5. The summed E-state index contributed by atoms with van der Waals surface area (Å²) in [6.45, 7) is 7.41. The number of amides is 1. The van der Waals surface area contributed by atoms with Crippen LogP contribution in [0, 0.1) is 12.3 Å². The number of nitrogens with one attached hydrogen (secondary N) is 1. The van der Waals surface area contributed by atoms with Gasteiger partial charge < -0.3 is 15.6 Å². The second kappa shape index (κ2) is 8.07. The molecule has 1 aliphatic rings. The normalized spacial score (nSPS) is 22.0. The molecule has 6 nitrogen and oxygen atoms in total. The van der Waals surface area contributed by atoms with Gasteiger partial charge in [-0.2, -0.15) is 0 Å². The second-order valence-corrected chi connectivity index (χ2v) is 6.75. The molecule has 0 radical (unpaired) electrons. The third kappa shape index (κ3) is 4.13. The van der Waals surface area contributed by atoms with Crippen LogP contribution in [-0.4, -0.2) is 47.8 Å². The molecular formula is C17H29FN4O2. The minimum atomic E-state index is -0.882. The molecule has 1 amide bonds. The molecule has 3 N–H and O–H groups in total. The van der Waals surface area contributed by atoms with Gasteiger partial charge in [0.25, 0.3) is 0 Å². The van der Waals surface area contributed by atoms with Crippen LogP contribution in [0.2, 0.25) is 0 Å². The Kier molecular flexibility index (Phi) is 6.34. The molecule has 0 unspecified atom stereocenters. The van der Waals surface area contributed by atoms with Crippen LogP contribution >= 0.6 is 0 Å². The van der Waals surface area contributed by atoms with E-state index in [1.165, 1.54) is 0 Å². The Morgan fingerprint density at radius 3 is 2.79 bits per heavy atom. The highest BCUT2D eigenvalue weighted by Crippen LogP contribution is 2.26. The van der Waals surface area contributed by atoms with Crippen molar-refractivity contribution >= 4 is 5.91 Å². The van der Waals surface area contributed by atoms with Crippen molar-refractivity contribution in [2.45, 2.75) is 58.8 Å². The Labute approximate surface area is 142 Å². The van der Waals surface area contributed by atoms with Crippen LogP contribution < -0.4 is 11.1 Å². The van der Waals surface area contributed by atoms with E-state index in [1.807, 2.05) is 31.7 Å². The first kappa shape index (κ1) is 18.9. The first-order valence-electron chi connectivity index (χ1n) is 8.72. The Morgan fingerprint density at radius 1 is 1.54 bits per heavy atom. The van der Waals surface area contributed by atoms with E-state index < -0.39 is 11.6 Å². The van der Waals surface area contributed by atoms with Gasteiger partial charge in [0.15, 0.2) is 5.76 Å². The van der Waals surface area contributed by atoms with Crippen LogP contribution in [0.25, 0.3) is 0 Å². The third-order valence-electron chi connectivity index (χ3n) is 5.24. The molecule has 1 saturated heterocycles. The highest BCUT2D eigenvalue weighted by atomic mass is 19.1. The number of nitrogens with zero attached hydrogens (tertiary/aromatic N) is 2. The number of carbonyl (C=O) groups is 1. The van der Waals surface area contributed by atoms with E-state index in [2.05, 4.69) is 10.5 Å². The summed E-state index contributed by atoms with van der Waals surface area (Å²) in [5.41, 5.74) is 6.10. The van der Waals surface area contributed by atoms with Crippen LogP contribution in [0.4, 0.5) is 4.39 Å². The van der Waals surface area contributed by atoms with Crippen molar-refractivity contribution in [2.24, 2.45) is 11.1 Å². The zero-order valence-electron chi connectivity index (χ0n) is 14.8. The van der Waals surface area contributed by atoms with E-state index in [9.17, 15) is 9.18 Å². The number of nitrogens with two attached hydrogens (primary N) is 1. The summed E-state index contributed by atoms with van der Waals surface area (Å²) in [7, 11) is 0. The third-order valence-corrected chi connectivity index (χ3v) is 5.24. The Bertz CT molecular complexity index is 536. The Hall–Kier alpha value is -1.47. The fraction of sp³-hybridized carbons (Fsp3) is 0.765. The summed E-state index contributed by atoms with van der Waals surface area (Å²) < 4.78 is 19.1. The van der Waals surface area contributed by atoms with E-state index in [1.54, 1.807) is 0 Å². The average molecular weight is 340 g/mol. The summed E-state index contributed by atoms with van der Waals surface area (Å²) in [5.74, 6) is 0.684. The maximum absolute atomic E-state index is 13.9. The standard InChI is InChI=1S/C17H29FN4O2/c1-4-17(5-2,11-19)16(23)20-8-14-7-13(18)9-22(14)10-15-6-12(3)21-24-15/h6,13-14H,4-5,7-11,19H2,1-3H3,(H,20,23)/t13-,14-/m0/s1. The number of likely N-dealkylation sites (tertiary alicyclic amines) is 1. The van der Waals surface area contributed by atoms with Gasteiger partial charge in [-0.25, -0.2) is 4.39 Å². The molecule has 2 atom stereocenters. The first-order chi connectivity index (χ1) is 11.4. The molecule has 7 heteroatoms. The molecule has 136 valence electrons. The number of aryl methyl sites for hydroxylation is 1. The van der Waals surface area contributed by atoms with Crippen LogP contribution in [0.15, 0.2) is 10.6 Å². The van der Waals surface area contributed by atoms with E-state index in [4.69, 9.17) is 10.3 Å². The predicted octanol–water partition coefficient (Wildman–Crippen LogP) is 1.78. The molecule has 0 spiro atoms. The summed E-state index contributed by atoms with van der Waals surface area (Å²) in [6, 6.07) is 1.81. The number of carbonyl (C=O) groups excluding carboxylic acids is 1. The molecule has 2 rings (SSSR count). The predicted molar refractivity (Wildman–Crippen MR) is 90.0 cm³/mol. The fourth-order valence-electron chi connectivity index (χ4n) is 3.37. The molecule has 0 aliphatic carbocycles. The maximum atomic E-state index is 13.9. The lowest BCUT2D eigenvalue weighted by Gasteiger charge is -2.30. The zero-order chi connectivity index (χ0) is 17.7. The Morgan fingerprint density at radius 2 is 2.25 bits per heavy atom. The van der Waals surface area contributed by atoms with Crippen molar-refractivity contribution in [1.29, 1.82) is 0 Å². The van der Waals surface area contributed by atoms with Crippen molar-refractivity contribution in [2.75, 3.05) is 19.6 Å². The van der Waals surface area contributed by atoms with Crippen molar-refractivity contribution in [1.82, 2.24) is 15.4 Å². The van der Waals surface area contributed by atoms with Gasteiger partial charge in [0.2, 0.25) is 5.91 Å². The van der Waals surface area contributed by atoms with E-state index in [0.29, 0.717) is 45.4 Å². The fourth-order valence-corrected chi connectivity index (χ4v) is 3.37. The van der Waals surface area contributed by atoms with Gasteiger partial charge in [0, 0.05) is 31.7 Å². The minimum Gasteiger partial charge on any atom is -0.360 e. The molecule has 1 aromatic heterocycles. The molecule has 1 aliphatic heterocycles. The second-order valence-electron chi connectivity index (χ2n) is 6.75. The lowest BCUT2D eigenvalue weighted by molar-refractivity contribution is -0.131. The topological polar surface area (TPSA) is 84.4 Å². The number of halogens is 1. The van der Waals surface area contributed by atoms with Gasteiger partial charge >= 0.3 is 0 Å². The summed E-state index contributed by atoms with van der Waals surface area (Å²) in [6.07, 6.45) is 0.931. The van der Waals surface area contributed by atoms with Crippen LogP contribution in [0.1, 0.15) is 44.6 Å². The largest absolute Gasteiger partial charge is 0.360 e. The number of hydrogen-bond donors (Lipinski definition) is 2. The smallest absolute Gasteiger partial charge is 0.227 e. The van der Waals surface area contributed by atoms with Gasteiger partial charge in [-0.05, 0) is 26.2 Å². The highest BCUT2D eigenvalue weighted by Gasteiger charge is 2.36. The molecule has 0 bridgehead atoms. The SMILES string of the molecule is CCC(CC)(CN)C(=O)NC[C@@H]1C[C@H](F)CN1Cc1cc(C)no1. The lowest BCUT2D eigenvalue weighted by Crippen LogP contribution is -2.48. The zero-order valence-corrected chi connectivity index (χ0v) is 14.8. The quantitative estimate of drug-likeness (QED) is 0.753. The molecule has 1 aromatic rings. The van der Waals surface area contributed by atoms with Crippen molar-refractivity contribution in [3.05, 3.63) is 17.5 Å². The molecule has 1 fully saturated rings. The van der Waals surface area contributed by atoms with Crippen molar-refractivity contribution in [3.8, 4) is 0 Å². The molecular weight excluding hydrogens is 311 g/mol. The molecule has 0 aromatic carbocycles. The number of aromatic nitrogens is 1. The molecule has 24 heavy (non-hydrogen) atoms. The minimum absolute atomic E-state index is 0.0345. The summed E-state index contributed by atoms with van der Waals surface area (Å²) >= 11 is 0. The number of alkyl halides is 1. The number of rotatable bonds is 8. The maximum Gasteiger partial charge on any atom is 0.227 e. The van der Waals surface area contributed by atoms with Gasteiger partial charge in [-0.1, -0.05) is 19.0 Å². The van der Waals surface area contributed by atoms with Gasteiger partial charge in [-0.15, -0.1) is 0 Å². The van der Waals surface area contributed by atoms with Gasteiger partial charge in [0.1, 0.15) is 6.17 Å². The average Bonchev–Trinajstić information content (AvgIpc) is 3.13. The highest BCUT2D eigenvalue weighted by molar-refractivity contribution is 5.82. The van der Waals surface area contributed by atoms with Crippen LogP contribution in [-0.2, 0) is 11.3 Å². The Balaban J connectivity index is 1.95. The monoisotopic (exact) mass is 340 g/mol. The molecule has 2 heterocycles. The van der Waals surface area contributed by atoms with E-state index in [0.717, 1.165) is 11.5 Å². The van der Waals surface area contributed by atoms with E-state index >= 15 is 0 Å². The van der Waals surface area contributed by atoms with Crippen molar-refractivity contribution < 1.29 is 13.7 Å². The lowest BCUT2D eigenvalue weighted by atomic mass is 9.81. The van der Waals surface area contributed by atoms with Gasteiger partial charge in [-0.3, -0.25) is 9.69 Å². The summed E-state index contributed by atoms with van der Waals surface area (Å²) in [5, 5.41) is 6.85. The van der Waals surface area contributed by atoms with Gasteiger partial charge in [0.05, 0.1) is 17.7 Å². The van der Waals surface area contributed by atoms with E-state index in [-0.39, 0.29) is 11.9 Å². The van der Waals surface area contributed by atoms with Crippen molar-refractivity contribution in [3.63, 3.8) is 0 Å².